The molecule has 0 saturated heterocycles. The molecular weight excluding hydrogens is 428 g/mol. The summed E-state index contributed by atoms with van der Waals surface area (Å²) in [6.07, 6.45) is 0. The van der Waals surface area contributed by atoms with Crippen molar-refractivity contribution in [2.75, 3.05) is 34.5 Å². The molecule has 0 unspecified atom stereocenters. The number of fused-ring (bicyclic) bond motifs is 3. The topological polar surface area (TPSA) is 126 Å². The van der Waals surface area contributed by atoms with Gasteiger partial charge in [-0.1, -0.05) is 0 Å². The third kappa shape index (κ3) is 2.32. The molecule has 0 radical (unpaired) electrons. The van der Waals surface area contributed by atoms with Crippen molar-refractivity contribution in [2.24, 2.45) is 0 Å². The maximum absolute atomic E-state index is 15.4. The van der Waals surface area contributed by atoms with Crippen LogP contribution in [0.3, 0.4) is 0 Å². The summed E-state index contributed by atoms with van der Waals surface area (Å²) in [4.78, 5) is 1.90. The number of nitriles is 4. The average Bonchev–Trinajstić information content (AvgIpc) is 3.30. The van der Waals surface area contributed by atoms with Gasteiger partial charge in [-0.3, -0.25) is 0 Å². The van der Waals surface area contributed by atoms with Crippen molar-refractivity contribution in [3.05, 3.63) is 46.1 Å². The molecule has 0 spiro atoms. The van der Waals surface area contributed by atoms with Crippen LogP contribution >= 0.6 is 0 Å². The molecule has 4 rings (SSSR count). The Morgan fingerprint density at radius 1 is 0.625 bits per heavy atom. The van der Waals surface area contributed by atoms with Crippen LogP contribution in [-0.4, -0.2) is 14.1 Å². The molecule has 0 aromatic heterocycles. The zero-order chi connectivity index (χ0) is 23.5. The molecule has 2 aliphatic rings. The third-order valence-electron chi connectivity index (χ3n) is 5.21. The molecule has 32 heavy (non-hydrogen) atoms. The Hall–Kier alpha value is -4.94. The minimum Gasteiger partial charge on any atom is -0.336 e. The summed E-state index contributed by atoms with van der Waals surface area (Å²) < 4.78 is 61.6. The smallest absolute Gasteiger partial charge is 0.170 e. The number of hydrogen-bond donors (Lipinski definition) is 2. The Labute approximate surface area is 177 Å². The zero-order valence-electron chi connectivity index (χ0n) is 16.2. The molecule has 0 fully saturated rings. The Bertz CT molecular complexity index is 1350. The average molecular weight is 436 g/mol. The molecule has 0 aliphatic carbocycles. The fourth-order valence-corrected chi connectivity index (χ4v) is 3.75. The number of rotatable bonds is 0. The van der Waals surface area contributed by atoms with Crippen molar-refractivity contribution >= 4 is 33.5 Å². The van der Waals surface area contributed by atoms with E-state index >= 15 is 17.6 Å². The number of nitrogens with zero attached hydrogens (tertiary/aromatic N) is 6. The Morgan fingerprint density at radius 3 is 1.22 bits per heavy atom. The summed E-state index contributed by atoms with van der Waals surface area (Å²) in [5.41, 5.74) is -3.19. The lowest BCUT2D eigenvalue weighted by atomic mass is 10.0. The van der Waals surface area contributed by atoms with Gasteiger partial charge in [0.1, 0.15) is 58.7 Å². The Kier molecular flexibility index (Phi) is 4.32. The first-order valence-corrected chi connectivity index (χ1v) is 8.69. The van der Waals surface area contributed by atoms with E-state index in [4.69, 9.17) is 21.0 Å². The Morgan fingerprint density at radius 2 is 0.938 bits per heavy atom. The largest absolute Gasteiger partial charge is 0.336 e. The van der Waals surface area contributed by atoms with Gasteiger partial charge in [0.2, 0.25) is 0 Å². The van der Waals surface area contributed by atoms with Crippen LogP contribution in [0.25, 0.3) is 10.8 Å². The second-order valence-corrected chi connectivity index (χ2v) is 6.72. The molecule has 12 heteroatoms. The van der Waals surface area contributed by atoms with Crippen molar-refractivity contribution < 1.29 is 17.6 Å². The highest BCUT2D eigenvalue weighted by molar-refractivity contribution is 6.04. The fraction of sp³-hybridized carbons (Fsp3) is 0.100. The summed E-state index contributed by atoms with van der Waals surface area (Å²) in [6.45, 7) is 0. The molecule has 0 amide bonds. The monoisotopic (exact) mass is 436 g/mol. The molecule has 2 heterocycles. The molecule has 0 saturated carbocycles. The standard InChI is InChI=1S/C20H8F4N8/c1-31-17-13(23)9-10(11(21)15(17)29-19(31)7(3-25)4-26)14(24)18-16(12(9)22)30-20(32(18)2)8(5-27)6-28/h29-30H,1-2H3. The van der Waals surface area contributed by atoms with Crippen molar-refractivity contribution in [2.45, 2.75) is 0 Å². The SMILES string of the molecule is CN1C(=C(C#N)C#N)Nc2c1c(F)c1c(F)c3c(c(F)c1c2F)N(C)C(=C(C#N)C#N)N3. The number of halogens is 4. The van der Waals surface area contributed by atoms with Crippen LogP contribution in [0.5, 0.6) is 0 Å². The number of nitrogens with one attached hydrogen (secondary N) is 2. The van der Waals surface area contributed by atoms with E-state index in [0.717, 1.165) is 9.80 Å². The minimum atomic E-state index is -1.35. The maximum Gasteiger partial charge on any atom is 0.170 e. The van der Waals surface area contributed by atoms with Crippen LogP contribution in [0.15, 0.2) is 22.8 Å². The first-order chi connectivity index (χ1) is 15.2. The summed E-state index contributed by atoms with van der Waals surface area (Å²) in [7, 11) is 2.44. The molecule has 2 N–H and O–H groups in total. The molecule has 2 aliphatic heterocycles. The van der Waals surface area contributed by atoms with Crippen molar-refractivity contribution in [1.82, 2.24) is 0 Å². The number of benzene rings is 2. The third-order valence-corrected chi connectivity index (χ3v) is 5.21. The van der Waals surface area contributed by atoms with Gasteiger partial charge in [-0.05, 0) is 0 Å². The second kappa shape index (κ2) is 6.80. The minimum absolute atomic E-state index is 0.250. The number of hydrogen-bond acceptors (Lipinski definition) is 8. The van der Waals surface area contributed by atoms with E-state index < -0.39 is 67.9 Å². The van der Waals surface area contributed by atoms with Gasteiger partial charge in [0, 0.05) is 14.1 Å². The van der Waals surface area contributed by atoms with Crippen LogP contribution < -0.4 is 20.4 Å². The van der Waals surface area contributed by atoms with Crippen LogP contribution in [-0.2, 0) is 0 Å². The van der Waals surface area contributed by atoms with Crippen molar-refractivity contribution in [3.8, 4) is 24.3 Å². The van der Waals surface area contributed by atoms with E-state index in [2.05, 4.69) is 10.6 Å². The van der Waals surface area contributed by atoms with Gasteiger partial charge in [-0.2, -0.15) is 21.0 Å². The van der Waals surface area contributed by atoms with E-state index in [9.17, 15) is 0 Å². The Balaban J connectivity index is 2.11. The van der Waals surface area contributed by atoms with Gasteiger partial charge in [0.25, 0.3) is 0 Å². The van der Waals surface area contributed by atoms with Gasteiger partial charge < -0.3 is 20.4 Å². The molecule has 8 nitrogen and oxygen atoms in total. The van der Waals surface area contributed by atoms with Crippen molar-refractivity contribution in [3.63, 3.8) is 0 Å². The highest BCUT2D eigenvalue weighted by Crippen LogP contribution is 2.51. The maximum atomic E-state index is 15.4. The quantitative estimate of drug-likeness (QED) is 0.474. The number of allylic oxidation sites excluding steroid dienone is 2. The van der Waals surface area contributed by atoms with Crippen molar-refractivity contribution in [1.29, 1.82) is 21.0 Å². The highest BCUT2D eigenvalue weighted by Gasteiger charge is 2.39. The lowest BCUT2D eigenvalue weighted by Crippen LogP contribution is -2.17. The lowest BCUT2D eigenvalue weighted by Gasteiger charge is -2.17. The molecule has 0 atom stereocenters. The van der Waals surface area contributed by atoms with Gasteiger partial charge >= 0.3 is 0 Å². The van der Waals surface area contributed by atoms with Crippen LogP contribution in [0.2, 0.25) is 0 Å². The van der Waals surface area contributed by atoms with Crippen LogP contribution in [0, 0.1) is 68.6 Å². The van der Waals surface area contributed by atoms with Gasteiger partial charge in [-0.15, -0.1) is 0 Å². The fourth-order valence-electron chi connectivity index (χ4n) is 3.75. The molecule has 0 bridgehead atoms. The van der Waals surface area contributed by atoms with Gasteiger partial charge in [0.15, 0.2) is 34.4 Å². The summed E-state index contributed by atoms with van der Waals surface area (Å²) >= 11 is 0. The predicted octanol–water partition coefficient (Wildman–Crippen LogP) is 3.64. The highest BCUT2D eigenvalue weighted by atomic mass is 19.1. The number of anilines is 4. The molecule has 156 valence electrons. The zero-order valence-corrected chi connectivity index (χ0v) is 16.2. The van der Waals surface area contributed by atoms with E-state index in [0.29, 0.717) is 0 Å². The predicted molar refractivity (Wildman–Crippen MR) is 104 cm³/mol. The lowest BCUT2D eigenvalue weighted by molar-refractivity contribution is 0.585. The van der Waals surface area contributed by atoms with Gasteiger partial charge in [-0.25, -0.2) is 17.6 Å². The first kappa shape index (κ1) is 20.3. The molecular formula is C20H8F4N8. The van der Waals surface area contributed by atoms with E-state index in [1.54, 1.807) is 24.3 Å². The second-order valence-electron chi connectivity index (χ2n) is 6.72. The van der Waals surface area contributed by atoms with E-state index in [1.165, 1.54) is 14.1 Å². The van der Waals surface area contributed by atoms with Crippen LogP contribution in [0.4, 0.5) is 40.3 Å². The van der Waals surface area contributed by atoms with Gasteiger partial charge in [0.05, 0.1) is 10.8 Å². The van der Waals surface area contributed by atoms with E-state index in [-0.39, 0.29) is 11.6 Å². The summed E-state index contributed by atoms with van der Waals surface area (Å²) in [5.74, 6) is -5.87. The molecule has 2 aromatic carbocycles. The van der Waals surface area contributed by atoms with Crippen LogP contribution in [0.1, 0.15) is 0 Å². The molecule has 2 aromatic rings. The van der Waals surface area contributed by atoms with E-state index in [1.807, 2.05) is 0 Å². The normalized spacial score (nSPS) is 13.4. The first-order valence-electron chi connectivity index (χ1n) is 8.69. The summed E-state index contributed by atoms with van der Waals surface area (Å²) in [6, 6.07) is 6.31. The summed E-state index contributed by atoms with van der Waals surface area (Å²) in [5, 5.41) is 39.1.